The third kappa shape index (κ3) is 1.72. The molecule has 0 radical (unpaired) electrons. The minimum atomic E-state index is -0.917. The van der Waals surface area contributed by atoms with Crippen molar-refractivity contribution < 1.29 is 9.90 Å². The lowest BCUT2D eigenvalue weighted by molar-refractivity contribution is 0.140. The van der Waals surface area contributed by atoms with Crippen LogP contribution < -0.4 is 5.73 Å². The molecular formula is C10H11ClN2O2. The summed E-state index contributed by atoms with van der Waals surface area (Å²) in [6.45, 7) is 0.807. The number of carbonyl (C=O) groups is 1. The quantitative estimate of drug-likeness (QED) is 0.665. The van der Waals surface area contributed by atoms with Gasteiger partial charge in [-0.25, -0.2) is 4.79 Å². The van der Waals surface area contributed by atoms with Crippen molar-refractivity contribution in [3.63, 3.8) is 0 Å². The fraction of sp³-hybridized carbons (Fsp3) is 0.300. The summed E-state index contributed by atoms with van der Waals surface area (Å²) in [6, 6.07) is 3.47. The van der Waals surface area contributed by atoms with E-state index in [1.165, 1.54) is 4.90 Å². The van der Waals surface area contributed by atoms with Crippen LogP contribution in [-0.4, -0.2) is 22.6 Å². The largest absolute Gasteiger partial charge is 0.465 e. The summed E-state index contributed by atoms with van der Waals surface area (Å²) in [5, 5.41) is 9.46. The van der Waals surface area contributed by atoms with Crippen LogP contribution in [-0.2, 0) is 13.0 Å². The second kappa shape index (κ2) is 3.62. The van der Waals surface area contributed by atoms with Gasteiger partial charge in [0.15, 0.2) is 0 Å². The van der Waals surface area contributed by atoms with E-state index in [4.69, 9.17) is 22.4 Å². The number of fused-ring (bicyclic) bond motifs is 1. The van der Waals surface area contributed by atoms with E-state index in [0.717, 1.165) is 11.1 Å². The average Bonchev–Trinajstić information content (AvgIpc) is 2.23. The molecule has 0 bridgehead atoms. The van der Waals surface area contributed by atoms with E-state index < -0.39 is 6.09 Å². The van der Waals surface area contributed by atoms with E-state index in [0.29, 0.717) is 30.2 Å². The van der Waals surface area contributed by atoms with E-state index in [-0.39, 0.29) is 0 Å². The summed E-state index contributed by atoms with van der Waals surface area (Å²) < 4.78 is 0. The van der Waals surface area contributed by atoms with Crippen molar-refractivity contribution in [2.24, 2.45) is 0 Å². The van der Waals surface area contributed by atoms with Crippen LogP contribution in [0.15, 0.2) is 12.1 Å². The molecule has 0 unspecified atom stereocenters. The number of carboxylic acid groups (broad SMARTS) is 1. The van der Waals surface area contributed by atoms with Crippen LogP contribution in [0.4, 0.5) is 10.5 Å². The Balaban J connectivity index is 2.41. The van der Waals surface area contributed by atoms with Gasteiger partial charge >= 0.3 is 6.09 Å². The molecule has 1 heterocycles. The first kappa shape index (κ1) is 10.1. The zero-order valence-corrected chi connectivity index (χ0v) is 8.79. The Morgan fingerprint density at radius 3 is 2.87 bits per heavy atom. The number of nitrogens with zero attached hydrogens (tertiary/aromatic N) is 1. The molecule has 0 saturated heterocycles. The molecule has 1 aromatic rings. The van der Waals surface area contributed by atoms with Crippen LogP contribution in [0, 0.1) is 0 Å². The summed E-state index contributed by atoms with van der Waals surface area (Å²) in [6.07, 6.45) is -0.284. The molecule has 0 atom stereocenters. The van der Waals surface area contributed by atoms with Crippen LogP contribution >= 0.6 is 11.6 Å². The van der Waals surface area contributed by atoms with Gasteiger partial charge in [-0.05, 0) is 29.7 Å². The van der Waals surface area contributed by atoms with Gasteiger partial charge < -0.3 is 15.7 Å². The topological polar surface area (TPSA) is 66.6 Å². The zero-order valence-electron chi connectivity index (χ0n) is 8.03. The highest BCUT2D eigenvalue weighted by atomic mass is 35.5. The lowest BCUT2D eigenvalue weighted by Crippen LogP contribution is -2.35. The molecule has 15 heavy (non-hydrogen) atoms. The maximum Gasteiger partial charge on any atom is 0.407 e. The Morgan fingerprint density at radius 2 is 2.20 bits per heavy atom. The number of halogens is 1. The Morgan fingerprint density at radius 1 is 1.47 bits per heavy atom. The Hall–Kier alpha value is -1.42. The number of rotatable bonds is 0. The molecule has 1 amide bonds. The summed E-state index contributed by atoms with van der Waals surface area (Å²) in [5.41, 5.74) is 8.33. The Labute approximate surface area is 92.2 Å². The number of benzene rings is 1. The molecule has 0 aliphatic carbocycles. The van der Waals surface area contributed by atoms with E-state index in [2.05, 4.69) is 0 Å². The number of hydrogen-bond acceptors (Lipinski definition) is 2. The molecular weight excluding hydrogens is 216 g/mol. The summed E-state index contributed by atoms with van der Waals surface area (Å²) in [4.78, 5) is 12.2. The van der Waals surface area contributed by atoms with Crippen molar-refractivity contribution in [1.82, 2.24) is 4.90 Å². The molecule has 0 aromatic heterocycles. The van der Waals surface area contributed by atoms with Crippen LogP contribution in [0.3, 0.4) is 0 Å². The molecule has 4 nitrogen and oxygen atoms in total. The van der Waals surface area contributed by atoms with Gasteiger partial charge in [-0.2, -0.15) is 0 Å². The maximum absolute atomic E-state index is 10.8. The highest BCUT2D eigenvalue weighted by Gasteiger charge is 2.23. The zero-order chi connectivity index (χ0) is 11.0. The van der Waals surface area contributed by atoms with Crippen LogP contribution in [0.2, 0.25) is 5.02 Å². The van der Waals surface area contributed by atoms with Crippen molar-refractivity contribution >= 4 is 23.4 Å². The van der Waals surface area contributed by atoms with Crippen molar-refractivity contribution in [3.05, 3.63) is 28.3 Å². The molecule has 80 valence electrons. The monoisotopic (exact) mass is 226 g/mol. The predicted molar refractivity (Wildman–Crippen MR) is 58.0 cm³/mol. The number of hydrogen-bond donors (Lipinski definition) is 2. The third-order valence-corrected chi connectivity index (χ3v) is 3.02. The summed E-state index contributed by atoms with van der Waals surface area (Å²) >= 11 is 6.01. The average molecular weight is 227 g/mol. The first-order chi connectivity index (χ1) is 7.09. The number of amides is 1. The summed E-state index contributed by atoms with van der Waals surface area (Å²) in [5.74, 6) is 0. The molecule has 3 N–H and O–H groups in total. The van der Waals surface area contributed by atoms with Gasteiger partial charge in [-0.3, -0.25) is 0 Å². The maximum atomic E-state index is 10.8. The Bertz CT molecular complexity index is 420. The number of anilines is 1. The van der Waals surface area contributed by atoms with Gasteiger partial charge in [0.1, 0.15) is 0 Å². The standard InChI is InChI=1S/C10H11ClN2O2/c11-8-1-2-9(12)6-3-4-13(10(14)15)5-7(6)8/h1-2H,3-5,12H2,(H,14,15). The molecule has 5 heteroatoms. The second-order valence-corrected chi connectivity index (χ2v) is 3.96. The number of nitrogens with two attached hydrogens (primary N) is 1. The van der Waals surface area contributed by atoms with Gasteiger partial charge in [-0.15, -0.1) is 0 Å². The van der Waals surface area contributed by atoms with Crippen LogP contribution in [0.25, 0.3) is 0 Å². The van der Waals surface area contributed by atoms with E-state index in [9.17, 15) is 4.79 Å². The lowest BCUT2D eigenvalue weighted by atomic mass is 9.98. The van der Waals surface area contributed by atoms with Gasteiger partial charge in [0.25, 0.3) is 0 Å². The van der Waals surface area contributed by atoms with Crippen molar-refractivity contribution in [3.8, 4) is 0 Å². The minimum Gasteiger partial charge on any atom is -0.465 e. The fourth-order valence-corrected chi connectivity index (χ4v) is 2.07. The van der Waals surface area contributed by atoms with Gasteiger partial charge in [-0.1, -0.05) is 11.6 Å². The highest BCUT2D eigenvalue weighted by Crippen LogP contribution is 2.30. The second-order valence-electron chi connectivity index (χ2n) is 3.55. The molecule has 2 rings (SSSR count). The SMILES string of the molecule is Nc1ccc(Cl)c2c1CCN(C(=O)O)C2. The van der Waals surface area contributed by atoms with E-state index >= 15 is 0 Å². The minimum absolute atomic E-state index is 0.328. The lowest BCUT2D eigenvalue weighted by Gasteiger charge is -2.27. The van der Waals surface area contributed by atoms with Crippen LogP contribution in [0.5, 0.6) is 0 Å². The van der Waals surface area contributed by atoms with Gasteiger partial charge in [0.05, 0.1) is 6.54 Å². The molecule has 0 saturated carbocycles. The number of nitrogen functional groups attached to an aromatic ring is 1. The normalized spacial score (nSPS) is 14.9. The smallest absolute Gasteiger partial charge is 0.407 e. The van der Waals surface area contributed by atoms with Crippen molar-refractivity contribution in [2.75, 3.05) is 12.3 Å². The molecule has 0 spiro atoms. The third-order valence-electron chi connectivity index (χ3n) is 2.66. The predicted octanol–water partition coefficient (Wildman–Crippen LogP) is 1.96. The van der Waals surface area contributed by atoms with Crippen LogP contribution in [0.1, 0.15) is 11.1 Å². The Kier molecular flexibility index (Phi) is 2.44. The summed E-state index contributed by atoms with van der Waals surface area (Å²) in [7, 11) is 0. The fourth-order valence-electron chi connectivity index (χ4n) is 1.83. The van der Waals surface area contributed by atoms with Crippen molar-refractivity contribution in [2.45, 2.75) is 13.0 Å². The van der Waals surface area contributed by atoms with E-state index in [1.807, 2.05) is 0 Å². The molecule has 1 aliphatic rings. The van der Waals surface area contributed by atoms with Crippen molar-refractivity contribution in [1.29, 1.82) is 0 Å². The van der Waals surface area contributed by atoms with E-state index in [1.54, 1.807) is 12.1 Å². The molecule has 1 aromatic carbocycles. The highest BCUT2D eigenvalue weighted by molar-refractivity contribution is 6.31. The first-order valence-corrected chi connectivity index (χ1v) is 5.01. The van der Waals surface area contributed by atoms with Gasteiger partial charge in [0.2, 0.25) is 0 Å². The van der Waals surface area contributed by atoms with Gasteiger partial charge in [0, 0.05) is 17.3 Å². The molecule has 0 fully saturated rings. The molecule has 1 aliphatic heterocycles. The first-order valence-electron chi connectivity index (χ1n) is 4.63.